The molecule has 6 nitrogen and oxygen atoms in total. The second-order valence-corrected chi connectivity index (χ2v) is 10.9. The second kappa shape index (κ2) is 9.56. The second-order valence-electron chi connectivity index (χ2n) is 10.5. The highest BCUT2D eigenvalue weighted by Gasteiger charge is 2.52. The van der Waals surface area contributed by atoms with Gasteiger partial charge < -0.3 is 10.2 Å². The van der Waals surface area contributed by atoms with Gasteiger partial charge in [-0.25, -0.2) is 8.78 Å². The summed E-state index contributed by atoms with van der Waals surface area (Å²) >= 11 is 6.08. The first-order chi connectivity index (χ1) is 17.8. The first-order valence-corrected chi connectivity index (χ1v) is 13.0. The van der Waals surface area contributed by atoms with Gasteiger partial charge in [0.25, 0.3) is 12.3 Å². The molecule has 0 bridgehead atoms. The Morgan fingerprint density at radius 1 is 1.14 bits per heavy atom. The van der Waals surface area contributed by atoms with Gasteiger partial charge in [-0.1, -0.05) is 35.9 Å². The number of likely N-dealkylation sites (tertiary alicyclic amines) is 1. The minimum Gasteiger partial charge on any atom is -0.349 e. The SMILES string of the molecule is O=C(NC1CC(c2cccc(Cl)c2)C1)c1cnn(Cc2ccc(CN3C[C@H]4C[C@H]4C3=O)c(C(F)F)c2)c1. The van der Waals surface area contributed by atoms with E-state index in [1.807, 2.05) is 18.2 Å². The van der Waals surface area contributed by atoms with Crippen LogP contribution in [0.15, 0.2) is 54.9 Å². The number of nitrogens with one attached hydrogen (secondary N) is 1. The molecule has 0 radical (unpaired) electrons. The van der Waals surface area contributed by atoms with Crippen molar-refractivity contribution in [2.45, 2.75) is 50.7 Å². The number of hydrogen-bond acceptors (Lipinski definition) is 3. The van der Waals surface area contributed by atoms with Gasteiger partial charge in [0.1, 0.15) is 0 Å². The third-order valence-electron chi connectivity index (χ3n) is 7.85. The molecule has 0 spiro atoms. The van der Waals surface area contributed by atoms with Crippen LogP contribution in [0, 0.1) is 11.8 Å². The minimum absolute atomic E-state index is 0.0600. The van der Waals surface area contributed by atoms with E-state index in [0.29, 0.717) is 40.1 Å². The van der Waals surface area contributed by atoms with Gasteiger partial charge in [-0.3, -0.25) is 14.3 Å². The number of alkyl halides is 2. The molecule has 192 valence electrons. The molecule has 37 heavy (non-hydrogen) atoms. The van der Waals surface area contributed by atoms with Crippen LogP contribution in [0.25, 0.3) is 0 Å². The molecule has 2 aromatic carbocycles. The van der Waals surface area contributed by atoms with E-state index in [1.165, 1.54) is 17.8 Å². The van der Waals surface area contributed by atoms with E-state index in [-0.39, 0.29) is 42.4 Å². The molecule has 3 fully saturated rings. The van der Waals surface area contributed by atoms with Crippen LogP contribution in [0.5, 0.6) is 0 Å². The maximum absolute atomic E-state index is 13.8. The highest BCUT2D eigenvalue weighted by atomic mass is 35.5. The summed E-state index contributed by atoms with van der Waals surface area (Å²) in [5, 5.41) is 8.02. The number of piperidine rings is 1. The minimum atomic E-state index is -2.64. The summed E-state index contributed by atoms with van der Waals surface area (Å²) < 4.78 is 29.3. The molecule has 2 amide bonds. The number of carbonyl (C=O) groups is 2. The maximum Gasteiger partial charge on any atom is 0.264 e. The molecule has 2 heterocycles. The van der Waals surface area contributed by atoms with Gasteiger partial charge in [-0.2, -0.15) is 5.10 Å². The molecule has 2 saturated carbocycles. The molecule has 6 rings (SSSR count). The highest BCUT2D eigenvalue weighted by molar-refractivity contribution is 6.30. The number of hydrogen-bond donors (Lipinski definition) is 1. The number of benzene rings is 2. The third kappa shape index (κ3) is 4.99. The largest absolute Gasteiger partial charge is 0.349 e. The predicted octanol–water partition coefficient (Wildman–Crippen LogP) is 5.18. The zero-order valence-electron chi connectivity index (χ0n) is 20.1. The Kier molecular flexibility index (Phi) is 6.23. The summed E-state index contributed by atoms with van der Waals surface area (Å²) in [5.41, 5.74) is 2.69. The summed E-state index contributed by atoms with van der Waals surface area (Å²) in [4.78, 5) is 26.7. The number of fused-ring (bicyclic) bond motifs is 1. The van der Waals surface area contributed by atoms with Gasteiger partial charge in [0, 0.05) is 41.8 Å². The van der Waals surface area contributed by atoms with Crippen molar-refractivity contribution in [2.24, 2.45) is 11.8 Å². The smallest absolute Gasteiger partial charge is 0.264 e. The molecule has 1 aliphatic heterocycles. The lowest BCUT2D eigenvalue weighted by Crippen LogP contribution is -2.43. The van der Waals surface area contributed by atoms with Gasteiger partial charge in [0.2, 0.25) is 5.91 Å². The topological polar surface area (TPSA) is 67.2 Å². The van der Waals surface area contributed by atoms with Gasteiger partial charge in [0.05, 0.1) is 18.3 Å². The zero-order chi connectivity index (χ0) is 25.7. The molecule has 1 aromatic heterocycles. The summed E-state index contributed by atoms with van der Waals surface area (Å²) in [7, 11) is 0. The van der Waals surface area contributed by atoms with Crippen LogP contribution >= 0.6 is 11.6 Å². The van der Waals surface area contributed by atoms with E-state index in [4.69, 9.17) is 11.6 Å². The first-order valence-electron chi connectivity index (χ1n) is 12.6. The number of aromatic nitrogens is 2. The van der Waals surface area contributed by atoms with Gasteiger partial charge in [-0.05, 0) is 66.0 Å². The molecule has 9 heteroatoms. The fraction of sp³-hybridized carbons (Fsp3) is 0.393. The molecule has 3 aromatic rings. The van der Waals surface area contributed by atoms with E-state index in [9.17, 15) is 18.4 Å². The fourth-order valence-electron chi connectivity index (χ4n) is 5.59. The Hall–Kier alpha value is -3.26. The fourth-order valence-corrected chi connectivity index (χ4v) is 5.79. The van der Waals surface area contributed by atoms with Gasteiger partial charge >= 0.3 is 0 Å². The van der Waals surface area contributed by atoms with Crippen LogP contribution in [-0.4, -0.2) is 39.1 Å². The third-order valence-corrected chi connectivity index (χ3v) is 8.08. The standard InChI is InChI=1S/C28H27ClF2N4O2/c29-22-3-1-2-17(7-22)19-8-23(9-19)33-27(36)21-11-32-35(15-21)12-16-4-5-18(24(6-16)26(30)31)13-34-14-20-10-25(20)28(34)37/h1-7,11,15,19-20,23,25-26H,8-10,12-14H2,(H,33,36)/t19?,20-,23?,25-/m1/s1. The molecule has 2 atom stereocenters. The average Bonchev–Trinajstić information content (AvgIpc) is 3.34. The molecule has 1 N–H and O–H groups in total. The Bertz CT molecular complexity index is 1350. The number of nitrogens with zero attached hydrogens (tertiary/aromatic N) is 3. The normalized spacial score (nSPS) is 24.2. The Morgan fingerprint density at radius 2 is 1.97 bits per heavy atom. The lowest BCUT2D eigenvalue weighted by Gasteiger charge is -2.36. The number of halogens is 3. The summed E-state index contributed by atoms with van der Waals surface area (Å²) in [6, 6.07) is 12.8. The zero-order valence-corrected chi connectivity index (χ0v) is 20.9. The van der Waals surface area contributed by atoms with E-state index in [1.54, 1.807) is 27.9 Å². The summed E-state index contributed by atoms with van der Waals surface area (Å²) in [6.45, 7) is 1.14. The van der Waals surface area contributed by atoms with Crippen molar-refractivity contribution in [2.75, 3.05) is 6.54 Å². The van der Waals surface area contributed by atoms with Crippen molar-refractivity contribution < 1.29 is 18.4 Å². The Morgan fingerprint density at radius 3 is 2.70 bits per heavy atom. The predicted molar refractivity (Wildman–Crippen MR) is 134 cm³/mol. The van der Waals surface area contributed by atoms with E-state index in [0.717, 1.165) is 19.3 Å². The van der Waals surface area contributed by atoms with Crippen molar-refractivity contribution in [3.63, 3.8) is 0 Å². The van der Waals surface area contributed by atoms with Crippen molar-refractivity contribution in [3.8, 4) is 0 Å². The van der Waals surface area contributed by atoms with Gasteiger partial charge in [-0.15, -0.1) is 0 Å². The molecular weight excluding hydrogens is 498 g/mol. The summed E-state index contributed by atoms with van der Waals surface area (Å²) in [5.74, 6) is 0.778. The monoisotopic (exact) mass is 524 g/mol. The van der Waals surface area contributed by atoms with E-state index >= 15 is 0 Å². The van der Waals surface area contributed by atoms with Gasteiger partial charge in [0.15, 0.2) is 0 Å². The van der Waals surface area contributed by atoms with Crippen LogP contribution in [-0.2, 0) is 17.9 Å². The quantitative estimate of drug-likeness (QED) is 0.442. The van der Waals surface area contributed by atoms with E-state index < -0.39 is 6.43 Å². The number of carbonyl (C=O) groups excluding carboxylic acids is 2. The maximum atomic E-state index is 13.8. The van der Waals surface area contributed by atoms with Crippen LogP contribution in [0.4, 0.5) is 8.78 Å². The average molecular weight is 525 g/mol. The molecule has 1 saturated heterocycles. The van der Waals surface area contributed by atoms with Crippen molar-refractivity contribution >= 4 is 23.4 Å². The van der Waals surface area contributed by atoms with Crippen LogP contribution in [0.1, 0.15) is 64.2 Å². The van der Waals surface area contributed by atoms with Crippen molar-refractivity contribution in [1.29, 1.82) is 0 Å². The molecule has 3 aliphatic rings. The van der Waals surface area contributed by atoms with Crippen molar-refractivity contribution in [3.05, 3.63) is 87.7 Å². The first kappa shape index (κ1) is 24.1. The molecule has 0 unspecified atom stereocenters. The molecule has 2 aliphatic carbocycles. The van der Waals surface area contributed by atoms with Crippen LogP contribution in [0.3, 0.4) is 0 Å². The molecular formula is C28H27ClF2N4O2. The Labute approximate surface area is 218 Å². The number of rotatable bonds is 8. The lowest BCUT2D eigenvalue weighted by atomic mass is 9.76. The lowest BCUT2D eigenvalue weighted by molar-refractivity contribution is -0.130. The highest BCUT2D eigenvalue weighted by Crippen LogP contribution is 2.46. The number of amides is 2. The van der Waals surface area contributed by atoms with E-state index in [2.05, 4.69) is 16.5 Å². The van der Waals surface area contributed by atoms with Crippen LogP contribution in [0.2, 0.25) is 5.02 Å². The van der Waals surface area contributed by atoms with Crippen molar-refractivity contribution in [1.82, 2.24) is 20.0 Å². The summed E-state index contributed by atoms with van der Waals surface area (Å²) in [6.07, 6.45) is 3.13. The van der Waals surface area contributed by atoms with Crippen LogP contribution < -0.4 is 5.32 Å². The Balaban J connectivity index is 1.06.